The molecular formula is C5H3Br2N2O3+. The van der Waals surface area contributed by atoms with Gasteiger partial charge >= 0.3 is 4.60 Å². The van der Waals surface area contributed by atoms with Crippen molar-refractivity contribution in [2.75, 3.05) is 0 Å². The van der Waals surface area contributed by atoms with Crippen LogP contribution < -0.4 is 4.73 Å². The molecule has 1 rings (SSSR count). The van der Waals surface area contributed by atoms with E-state index in [0.29, 0.717) is 0 Å². The molecule has 0 aliphatic rings. The van der Waals surface area contributed by atoms with Crippen LogP contribution in [0.1, 0.15) is 0 Å². The van der Waals surface area contributed by atoms with Crippen molar-refractivity contribution in [2.45, 2.75) is 0 Å². The first-order chi connectivity index (χ1) is 5.52. The van der Waals surface area contributed by atoms with Gasteiger partial charge in [0.2, 0.25) is 6.20 Å². The lowest BCUT2D eigenvalue weighted by Crippen LogP contribution is -2.31. The molecule has 0 saturated heterocycles. The number of nitro groups is 1. The van der Waals surface area contributed by atoms with Crippen molar-refractivity contribution < 1.29 is 14.9 Å². The number of hydrogen-bond donors (Lipinski definition) is 1. The first-order valence-corrected chi connectivity index (χ1v) is 4.35. The number of nitrogens with zero attached hydrogens (tertiary/aromatic N) is 2. The molecule has 0 saturated carbocycles. The summed E-state index contributed by atoms with van der Waals surface area (Å²) in [7, 11) is 0. The Bertz CT molecular complexity index is 342. The van der Waals surface area contributed by atoms with Gasteiger partial charge in [-0.3, -0.25) is 15.3 Å². The predicted octanol–water partition coefficient (Wildman–Crippen LogP) is 1.64. The SMILES string of the molecule is O=[N+]([O-])c1cc(Br)[n+](O)cc1Br. The normalized spacial score (nSPS) is 9.83. The van der Waals surface area contributed by atoms with Gasteiger partial charge in [-0.15, -0.1) is 0 Å². The fourth-order valence-electron chi connectivity index (χ4n) is 0.623. The Hall–Kier alpha value is -0.690. The Balaban J connectivity index is 3.33. The molecule has 0 spiro atoms. The second-order valence-electron chi connectivity index (χ2n) is 1.93. The molecule has 64 valence electrons. The van der Waals surface area contributed by atoms with Crippen LogP contribution in [0.4, 0.5) is 5.69 Å². The minimum Gasteiger partial charge on any atom is -0.284 e. The van der Waals surface area contributed by atoms with Crippen LogP contribution in [0.5, 0.6) is 0 Å². The second-order valence-corrected chi connectivity index (χ2v) is 3.60. The van der Waals surface area contributed by atoms with Crippen molar-refractivity contribution in [1.82, 2.24) is 0 Å². The summed E-state index contributed by atoms with van der Waals surface area (Å²) in [5, 5.41) is 19.4. The van der Waals surface area contributed by atoms with Gasteiger partial charge in [0.25, 0.3) is 5.69 Å². The first-order valence-electron chi connectivity index (χ1n) is 2.76. The van der Waals surface area contributed by atoms with E-state index in [2.05, 4.69) is 31.9 Å². The molecule has 12 heavy (non-hydrogen) atoms. The van der Waals surface area contributed by atoms with E-state index in [1.165, 1.54) is 12.3 Å². The monoisotopic (exact) mass is 297 g/mol. The van der Waals surface area contributed by atoms with Crippen LogP contribution in [0.25, 0.3) is 0 Å². The van der Waals surface area contributed by atoms with Gasteiger partial charge in [0.05, 0.1) is 4.92 Å². The summed E-state index contributed by atoms with van der Waals surface area (Å²) in [4.78, 5) is 9.80. The molecule has 5 nitrogen and oxygen atoms in total. The van der Waals surface area contributed by atoms with Crippen LogP contribution in [0.15, 0.2) is 21.3 Å². The maximum Gasteiger partial charge on any atom is 0.305 e. The smallest absolute Gasteiger partial charge is 0.284 e. The Morgan fingerprint density at radius 2 is 2.17 bits per heavy atom. The van der Waals surface area contributed by atoms with Gasteiger partial charge in [-0.1, -0.05) is 0 Å². The van der Waals surface area contributed by atoms with E-state index < -0.39 is 4.92 Å². The number of hydrogen-bond acceptors (Lipinski definition) is 3. The molecule has 1 N–H and O–H groups in total. The molecule has 1 aromatic heterocycles. The van der Waals surface area contributed by atoms with Crippen LogP contribution in [0.2, 0.25) is 0 Å². The first kappa shape index (κ1) is 9.40. The van der Waals surface area contributed by atoms with Crippen LogP contribution in [0.3, 0.4) is 0 Å². The van der Waals surface area contributed by atoms with E-state index in [9.17, 15) is 10.1 Å². The Labute approximate surface area is 84.0 Å². The third-order valence-electron chi connectivity index (χ3n) is 1.15. The van der Waals surface area contributed by atoms with Crippen LogP contribution in [0, 0.1) is 10.1 Å². The van der Waals surface area contributed by atoms with Crippen LogP contribution in [-0.4, -0.2) is 10.1 Å². The summed E-state index contributed by atoms with van der Waals surface area (Å²) in [6.45, 7) is 0. The molecule has 0 aliphatic carbocycles. The van der Waals surface area contributed by atoms with Gasteiger partial charge in [0.1, 0.15) is 6.07 Å². The van der Waals surface area contributed by atoms with Gasteiger partial charge in [0.15, 0.2) is 4.47 Å². The van der Waals surface area contributed by atoms with E-state index in [1.807, 2.05) is 0 Å². The molecule has 0 aliphatic heterocycles. The summed E-state index contributed by atoms with van der Waals surface area (Å²) in [6, 6.07) is 1.20. The molecular weight excluding hydrogens is 296 g/mol. The standard InChI is InChI=1S/C5H3Br2N2O3/c6-3-2-8(10)5(7)1-4(3)9(11)12/h1-2,10H/q+1. The van der Waals surface area contributed by atoms with Crippen molar-refractivity contribution in [3.05, 3.63) is 31.5 Å². The number of pyridine rings is 1. The van der Waals surface area contributed by atoms with Crippen molar-refractivity contribution in [1.29, 1.82) is 0 Å². The molecule has 0 fully saturated rings. The van der Waals surface area contributed by atoms with Gasteiger partial charge in [0, 0.05) is 20.7 Å². The zero-order valence-corrected chi connectivity index (χ0v) is 8.74. The van der Waals surface area contributed by atoms with Gasteiger partial charge < -0.3 is 0 Å². The average molecular weight is 299 g/mol. The molecule has 7 heteroatoms. The molecule has 0 aromatic carbocycles. The van der Waals surface area contributed by atoms with E-state index in [0.717, 1.165) is 4.73 Å². The fourth-order valence-corrected chi connectivity index (χ4v) is 1.40. The molecule has 1 heterocycles. The quantitative estimate of drug-likeness (QED) is 0.282. The highest BCUT2D eigenvalue weighted by Crippen LogP contribution is 2.24. The Kier molecular flexibility index (Phi) is 2.63. The zero-order chi connectivity index (χ0) is 9.30. The lowest BCUT2D eigenvalue weighted by Gasteiger charge is -1.92. The number of rotatable bonds is 1. The highest BCUT2D eigenvalue weighted by Gasteiger charge is 2.20. The lowest BCUT2D eigenvalue weighted by atomic mass is 10.4. The van der Waals surface area contributed by atoms with E-state index >= 15 is 0 Å². The zero-order valence-electron chi connectivity index (χ0n) is 5.57. The highest BCUT2D eigenvalue weighted by molar-refractivity contribution is 9.11. The maximum atomic E-state index is 10.3. The van der Waals surface area contributed by atoms with Crippen LogP contribution in [-0.2, 0) is 0 Å². The number of halogens is 2. The topological polar surface area (TPSA) is 67.2 Å². The summed E-state index contributed by atoms with van der Waals surface area (Å²) in [6.07, 6.45) is 1.18. The van der Waals surface area contributed by atoms with E-state index in [1.54, 1.807) is 0 Å². The minimum absolute atomic E-state index is 0.104. The molecule has 0 unspecified atom stereocenters. The summed E-state index contributed by atoms with van der Waals surface area (Å²) >= 11 is 5.87. The van der Waals surface area contributed by atoms with Crippen LogP contribution >= 0.6 is 31.9 Å². The van der Waals surface area contributed by atoms with Gasteiger partial charge in [-0.05, 0) is 15.9 Å². The van der Waals surface area contributed by atoms with Gasteiger partial charge in [-0.25, -0.2) is 0 Å². The molecule has 0 bridgehead atoms. The predicted molar refractivity (Wildman–Crippen MR) is 45.9 cm³/mol. The Morgan fingerprint density at radius 3 is 2.67 bits per heavy atom. The largest absolute Gasteiger partial charge is 0.305 e. The van der Waals surface area contributed by atoms with Crippen molar-refractivity contribution >= 4 is 37.5 Å². The fraction of sp³-hybridized carbons (Fsp3) is 0. The summed E-state index contributed by atoms with van der Waals surface area (Å²) < 4.78 is 1.17. The molecule has 0 amide bonds. The second kappa shape index (κ2) is 3.36. The third-order valence-corrected chi connectivity index (χ3v) is 2.35. The highest BCUT2D eigenvalue weighted by atomic mass is 79.9. The third kappa shape index (κ3) is 1.72. The number of aromatic nitrogens is 1. The lowest BCUT2D eigenvalue weighted by molar-refractivity contribution is -0.913. The Morgan fingerprint density at radius 1 is 1.58 bits per heavy atom. The molecule has 1 aromatic rings. The molecule has 0 atom stereocenters. The van der Waals surface area contributed by atoms with Gasteiger partial charge in [-0.2, -0.15) is 0 Å². The van der Waals surface area contributed by atoms with Crippen molar-refractivity contribution in [3.63, 3.8) is 0 Å². The summed E-state index contributed by atoms with van der Waals surface area (Å²) in [5.41, 5.74) is -0.104. The molecule has 0 radical (unpaired) electrons. The van der Waals surface area contributed by atoms with Crippen molar-refractivity contribution in [2.24, 2.45) is 0 Å². The summed E-state index contributed by atoms with van der Waals surface area (Å²) in [5.74, 6) is 0. The van der Waals surface area contributed by atoms with E-state index in [-0.39, 0.29) is 14.8 Å². The maximum absolute atomic E-state index is 10.3. The average Bonchev–Trinajstić information content (AvgIpc) is 1.96. The van der Waals surface area contributed by atoms with E-state index in [4.69, 9.17) is 5.21 Å². The minimum atomic E-state index is -0.547. The van der Waals surface area contributed by atoms with Crippen molar-refractivity contribution in [3.8, 4) is 0 Å².